The van der Waals surface area contributed by atoms with Crippen molar-refractivity contribution in [2.45, 2.75) is 39.5 Å². The lowest BCUT2D eigenvalue weighted by Crippen LogP contribution is -2.34. The van der Waals surface area contributed by atoms with Crippen molar-refractivity contribution in [2.24, 2.45) is 11.8 Å². The zero-order chi connectivity index (χ0) is 13.7. The Kier molecular flexibility index (Phi) is 5.34. The molecule has 5 heteroatoms. The summed E-state index contributed by atoms with van der Waals surface area (Å²) in [5.74, 6) is 1.15. The molecule has 1 aromatic rings. The number of aryl methyl sites for hydroxylation is 1. The minimum absolute atomic E-state index is 0.0927. The Morgan fingerprint density at radius 2 is 2.53 bits per heavy atom. The largest absolute Gasteiger partial charge is 0.316 e. The van der Waals surface area contributed by atoms with Crippen LogP contribution in [0.5, 0.6) is 0 Å². The van der Waals surface area contributed by atoms with Crippen LogP contribution < -0.4 is 10.6 Å². The van der Waals surface area contributed by atoms with Crippen molar-refractivity contribution in [3.8, 4) is 0 Å². The van der Waals surface area contributed by atoms with Gasteiger partial charge in [-0.1, -0.05) is 13.8 Å². The van der Waals surface area contributed by atoms with Crippen LogP contribution in [0.1, 0.15) is 38.0 Å². The van der Waals surface area contributed by atoms with E-state index in [2.05, 4.69) is 29.5 Å². The topological polar surface area (TPSA) is 54.0 Å². The van der Waals surface area contributed by atoms with Gasteiger partial charge in [0.1, 0.15) is 0 Å². The molecule has 0 spiro atoms. The third kappa shape index (κ3) is 4.28. The van der Waals surface area contributed by atoms with E-state index in [-0.39, 0.29) is 5.91 Å². The molecule has 2 unspecified atom stereocenters. The van der Waals surface area contributed by atoms with Gasteiger partial charge < -0.3 is 10.6 Å². The van der Waals surface area contributed by atoms with E-state index in [1.54, 1.807) is 11.3 Å². The average molecular weight is 281 g/mol. The van der Waals surface area contributed by atoms with Crippen LogP contribution in [-0.4, -0.2) is 24.0 Å². The molecule has 1 aromatic heterocycles. The van der Waals surface area contributed by atoms with Gasteiger partial charge in [0.15, 0.2) is 5.13 Å². The molecule has 106 valence electrons. The number of rotatable bonds is 5. The van der Waals surface area contributed by atoms with Crippen molar-refractivity contribution >= 4 is 22.4 Å². The van der Waals surface area contributed by atoms with Crippen LogP contribution in [0.15, 0.2) is 6.20 Å². The third-order valence-corrected chi connectivity index (χ3v) is 4.85. The summed E-state index contributed by atoms with van der Waals surface area (Å²) in [5, 5.41) is 7.05. The summed E-state index contributed by atoms with van der Waals surface area (Å²) in [4.78, 5) is 17.4. The molecule has 0 radical (unpaired) electrons. The number of thiazole rings is 1. The lowest BCUT2D eigenvalue weighted by Gasteiger charge is -2.27. The zero-order valence-electron chi connectivity index (χ0n) is 11.7. The predicted molar refractivity (Wildman–Crippen MR) is 79.5 cm³/mol. The molecule has 2 heterocycles. The molecule has 0 aromatic carbocycles. The Bertz CT molecular complexity index is 413. The van der Waals surface area contributed by atoms with E-state index in [9.17, 15) is 4.79 Å². The summed E-state index contributed by atoms with van der Waals surface area (Å²) in [6.07, 6.45) is 5.86. The summed E-state index contributed by atoms with van der Waals surface area (Å²) >= 11 is 1.57. The van der Waals surface area contributed by atoms with E-state index >= 15 is 0 Å². The molecule has 4 nitrogen and oxygen atoms in total. The van der Waals surface area contributed by atoms with Crippen LogP contribution in [0.3, 0.4) is 0 Å². The number of carbonyl (C=O) groups is 1. The molecule has 0 aliphatic carbocycles. The van der Waals surface area contributed by atoms with Gasteiger partial charge in [-0.05, 0) is 44.2 Å². The molecule has 1 aliphatic rings. The van der Waals surface area contributed by atoms with Crippen LogP contribution in [0.4, 0.5) is 5.13 Å². The zero-order valence-corrected chi connectivity index (χ0v) is 12.6. The Morgan fingerprint density at radius 3 is 3.16 bits per heavy atom. The van der Waals surface area contributed by atoms with Gasteiger partial charge in [-0.2, -0.15) is 0 Å². The fourth-order valence-electron chi connectivity index (χ4n) is 2.52. The quantitative estimate of drug-likeness (QED) is 0.872. The van der Waals surface area contributed by atoms with Crippen molar-refractivity contribution in [1.82, 2.24) is 10.3 Å². The number of amides is 1. The van der Waals surface area contributed by atoms with E-state index in [0.717, 1.165) is 24.6 Å². The first-order chi connectivity index (χ1) is 9.19. The molecule has 2 atom stereocenters. The maximum atomic E-state index is 12.0. The molecular weight excluding hydrogens is 258 g/mol. The number of anilines is 1. The molecule has 19 heavy (non-hydrogen) atoms. The van der Waals surface area contributed by atoms with Gasteiger partial charge in [0.05, 0.1) is 0 Å². The Morgan fingerprint density at radius 1 is 1.68 bits per heavy atom. The third-order valence-electron chi connectivity index (χ3n) is 3.80. The SMILES string of the molecule is CCc1cnc(NC(=O)CC(C)C2CCCNC2)s1. The Hall–Kier alpha value is -0.940. The molecule has 0 saturated carbocycles. The van der Waals surface area contributed by atoms with Gasteiger partial charge in [-0.15, -0.1) is 11.3 Å². The fourth-order valence-corrected chi connectivity index (χ4v) is 3.29. The number of carbonyl (C=O) groups excluding carboxylic acids is 1. The van der Waals surface area contributed by atoms with Gasteiger partial charge >= 0.3 is 0 Å². The second-order valence-corrected chi connectivity index (χ2v) is 6.44. The second-order valence-electron chi connectivity index (χ2n) is 5.32. The first-order valence-electron chi connectivity index (χ1n) is 7.14. The normalized spacial score (nSPS) is 21.1. The monoisotopic (exact) mass is 281 g/mol. The van der Waals surface area contributed by atoms with Gasteiger partial charge in [0, 0.05) is 17.5 Å². The molecule has 1 amide bonds. The van der Waals surface area contributed by atoms with Crippen molar-refractivity contribution in [1.29, 1.82) is 0 Å². The first kappa shape index (κ1) is 14.5. The van der Waals surface area contributed by atoms with Crippen LogP contribution >= 0.6 is 11.3 Å². The lowest BCUT2D eigenvalue weighted by atomic mass is 9.85. The van der Waals surface area contributed by atoms with Gasteiger partial charge in [0.25, 0.3) is 0 Å². The summed E-state index contributed by atoms with van der Waals surface area (Å²) in [6, 6.07) is 0. The maximum absolute atomic E-state index is 12.0. The van der Waals surface area contributed by atoms with Gasteiger partial charge in [-0.3, -0.25) is 4.79 Å². The lowest BCUT2D eigenvalue weighted by molar-refractivity contribution is -0.117. The first-order valence-corrected chi connectivity index (χ1v) is 7.96. The predicted octanol–water partition coefficient (Wildman–Crippen LogP) is 2.67. The molecular formula is C14H23N3OS. The number of nitrogens with zero attached hydrogens (tertiary/aromatic N) is 1. The van der Waals surface area contributed by atoms with Gasteiger partial charge in [-0.25, -0.2) is 4.98 Å². The van der Waals surface area contributed by atoms with E-state index < -0.39 is 0 Å². The fraction of sp³-hybridized carbons (Fsp3) is 0.714. The highest BCUT2D eigenvalue weighted by atomic mass is 32.1. The Balaban J connectivity index is 1.79. The van der Waals surface area contributed by atoms with Crippen LogP contribution in [0.25, 0.3) is 0 Å². The number of hydrogen-bond acceptors (Lipinski definition) is 4. The minimum atomic E-state index is 0.0927. The highest BCUT2D eigenvalue weighted by Crippen LogP contribution is 2.24. The number of piperidine rings is 1. The van der Waals surface area contributed by atoms with Crippen molar-refractivity contribution in [3.63, 3.8) is 0 Å². The molecule has 1 fully saturated rings. The summed E-state index contributed by atoms with van der Waals surface area (Å²) in [5.41, 5.74) is 0. The van der Waals surface area contributed by atoms with Crippen LogP contribution in [0, 0.1) is 11.8 Å². The number of aromatic nitrogens is 1. The molecule has 2 N–H and O–H groups in total. The number of hydrogen-bond donors (Lipinski definition) is 2. The second kappa shape index (κ2) is 7.01. The smallest absolute Gasteiger partial charge is 0.226 e. The van der Waals surface area contributed by atoms with Crippen molar-refractivity contribution in [3.05, 3.63) is 11.1 Å². The molecule has 1 aliphatic heterocycles. The van der Waals surface area contributed by atoms with Crippen molar-refractivity contribution < 1.29 is 4.79 Å². The average Bonchev–Trinajstić information content (AvgIpc) is 2.87. The molecule has 1 saturated heterocycles. The number of nitrogens with one attached hydrogen (secondary N) is 2. The Labute approximate surface area is 119 Å². The minimum Gasteiger partial charge on any atom is -0.316 e. The van der Waals surface area contributed by atoms with Crippen molar-refractivity contribution in [2.75, 3.05) is 18.4 Å². The summed E-state index contributed by atoms with van der Waals surface area (Å²) in [7, 11) is 0. The van der Waals surface area contributed by atoms with E-state index in [1.165, 1.54) is 17.7 Å². The summed E-state index contributed by atoms with van der Waals surface area (Å²) in [6.45, 7) is 6.44. The standard InChI is InChI=1S/C14H23N3OS/c1-3-12-9-16-14(19-12)17-13(18)7-10(2)11-5-4-6-15-8-11/h9-11,15H,3-8H2,1-2H3,(H,16,17,18). The van der Waals surface area contributed by atoms with E-state index in [0.29, 0.717) is 18.3 Å². The highest BCUT2D eigenvalue weighted by Gasteiger charge is 2.22. The molecule has 0 bridgehead atoms. The summed E-state index contributed by atoms with van der Waals surface area (Å²) < 4.78 is 0. The molecule has 2 rings (SSSR count). The van der Waals surface area contributed by atoms with E-state index in [4.69, 9.17) is 0 Å². The van der Waals surface area contributed by atoms with Crippen LogP contribution in [-0.2, 0) is 11.2 Å². The van der Waals surface area contributed by atoms with E-state index in [1.807, 2.05) is 6.20 Å². The highest BCUT2D eigenvalue weighted by molar-refractivity contribution is 7.15. The van der Waals surface area contributed by atoms with Crippen LogP contribution in [0.2, 0.25) is 0 Å². The van der Waals surface area contributed by atoms with Gasteiger partial charge in [0.2, 0.25) is 5.91 Å². The maximum Gasteiger partial charge on any atom is 0.226 e.